The van der Waals surface area contributed by atoms with Crippen LogP contribution in [0, 0.1) is 0 Å². The summed E-state index contributed by atoms with van der Waals surface area (Å²) in [7, 11) is 0. The average Bonchev–Trinajstić information content (AvgIpc) is 3.27. The number of aromatic amines is 2. The summed E-state index contributed by atoms with van der Waals surface area (Å²) < 4.78 is 1.47. The Hall–Kier alpha value is -3.75. The van der Waals surface area contributed by atoms with Gasteiger partial charge in [-0.05, 0) is 11.0 Å². The fourth-order valence-corrected chi connectivity index (χ4v) is 3.26. The van der Waals surface area contributed by atoms with E-state index in [1.165, 1.54) is 4.57 Å². The van der Waals surface area contributed by atoms with Crippen LogP contribution in [0.1, 0.15) is 42.4 Å². The zero-order valence-electron chi connectivity index (χ0n) is 16.4. The summed E-state index contributed by atoms with van der Waals surface area (Å²) in [4.78, 5) is 36.3. The van der Waals surface area contributed by atoms with E-state index in [4.69, 9.17) is 5.73 Å². The van der Waals surface area contributed by atoms with Gasteiger partial charge in [0.05, 0.1) is 12.7 Å². The van der Waals surface area contributed by atoms with Crippen LogP contribution in [0.4, 0.5) is 0 Å². The minimum absolute atomic E-state index is 0.0385. The number of rotatable bonds is 4. The summed E-state index contributed by atoms with van der Waals surface area (Å²) in [5, 5.41) is 7.03. The SMILES string of the molecule is CC(C)(C)c1cn[nH]c1-c1nc(C(N)=O)c2[nH]c(=O)n(Cc3ccccc3)c2n1. The Morgan fingerprint density at radius 3 is 2.55 bits per heavy atom. The first kappa shape index (κ1) is 18.6. The number of nitrogens with one attached hydrogen (secondary N) is 2. The molecule has 29 heavy (non-hydrogen) atoms. The highest BCUT2D eigenvalue weighted by Gasteiger charge is 2.25. The Bertz CT molecular complexity index is 1260. The number of H-pyrrole nitrogens is 2. The van der Waals surface area contributed by atoms with E-state index >= 15 is 0 Å². The minimum Gasteiger partial charge on any atom is -0.364 e. The molecule has 0 fully saturated rings. The average molecular weight is 391 g/mol. The summed E-state index contributed by atoms with van der Waals surface area (Å²) in [6.07, 6.45) is 1.71. The largest absolute Gasteiger partial charge is 0.364 e. The van der Waals surface area contributed by atoms with E-state index in [1.807, 2.05) is 51.1 Å². The maximum Gasteiger partial charge on any atom is 0.328 e. The van der Waals surface area contributed by atoms with Crippen molar-refractivity contribution >= 4 is 17.1 Å². The maximum absolute atomic E-state index is 12.6. The molecule has 4 N–H and O–H groups in total. The molecule has 0 radical (unpaired) electrons. The van der Waals surface area contributed by atoms with Crippen LogP contribution in [-0.4, -0.2) is 35.6 Å². The molecule has 0 atom stereocenters. The first-order valence-corrected chi connectivity index (χ1v) is 9.14. The van der Waals surface area contributed by atoms with Crippen molar-refractivity contribution in [3.05, 3.63) is 63.8 Å². The van der Waals surface area contributed by atoms with E-state index in [9.17, 15) is 9.59 Å². The van der Waals surface area contributed by atoms with E-state index in [1.54, 1.807) is 6.20 Å². The highest BCUT2D eigenvalue weighted by molar-refractivity contribution is 6.01. The van der Waals surface area contributed by atoms with Crippen molar-refractivity contribution in [3.63, 3.8) is 0 Å². The number of imidazole rings is 1. The molecule has 9 heteroatoms. The van der Waals surface area contributed by atoms with Crippen LogP contribution in [0.2, 0.25) is 0 Å². The zero-order chi connectivity index (χ0) is 20.8. The van der Waals surface area contributed by atoms with E-state index in [0.717, 1.165) is 11.1 Å². The van der Waals surface area contributed by atoms with Crippen molar-refractivity contribution in [3.8, 4) is 11.5 Å². The van der Waals surface area contributed by atoms with Crippen LogP contribution >= 0.6 is 0 Å². The van der Waals surface area contributed by atoms with Crippen LogP contribution in [0.25, 0.3) is 22.7 Å². The quantitative estimate of drug-likeness (QED) is 0.489. The predicted octanol–water partition coefficient (Wildman–Crippen LogP) is 1.95. The fraction of sp³-hybridized carbons (Fsp3) is 0.250. The molecule has 0 aliphatic heterocycles. The van der Waals surface area contributed by atoms with Crippen molar-refractivity contribution in [1.82, 2.24) is 29.7 Å². The fourth-order valence-electron chi connectivity index (χ4n) is 3.26. The molecule has 0 bridgehead atoms. The van der Waals surface area contributed by atoms with Gasteiger partial charge in [-0.15, -0.1) is 0 Å². The van der Waals surface area contributed by atoms with Crippen LogP contribution in [0.3, 0.4) is 0 Å². The van der Waals surface area contributed by atoms with Gasteiger partial charge in [0, 0.05) is 5.56 Å². The molecule has 3 heterocycles. The minimum atomic E-state index is -0.747. The topological polar surface area (TPSA) is 135 Å². The number of carbonyl (C=O) groups is 1. The van der Waals surface area contributed by atoms with Gasteiger partial charge < -0.3 is 10.7 Å². The summed E-state index contributed by atoms with van der Waals surface area (Å²) in [6, 6.07) is 9.51. The van der Waals surface area contributed by atoms with Gasteiger partial charge in [0.2, 0.25) is 0 Å². The number of carbonyl (C=O) groups excluding carboxylic acids is 1. The molecule has 1 aromatic carbocycles. The van der Waals surface area contributed by atoms with Crippen LogP contribution < -0.4 is 11.4 Å². The van der Waals surface area contributed by atoms with Gasteiger partial charge in [-0.3, -0.25) is 14.5 Å². The van der Waals surface area contributed by atoms with Crippen LogP contribution in [0.15, 0.2) is 41.3 Å². The molecule has 0 unspecified atom stereocenters. The Kier molecular flexibility index (Phi) is 4.30. The highest BCUT2D eigenvalue weighted by Crippen LogP contribution is 2.30. The summed E-state index contributed by atoms with van der Waals surface area (Å²) in [5.74, 6) is -0.488. The molecule has 1 amide bonds. The van der Waals surface area contributed by atoms with Gasteiger partial charge in [-0.2, -0.15) is 5.10 Å². The van der Waals surface area contributed by atoms with Crippen molar-refractivity contribution < 1.29 is 4.79 Å². The third-order valence-corrected chi connectivity index (χ3v) is 4.71. The second-order valence-electron chi connectivity index (χ2n) is 7.87. The smallest absolute Gasteiger partial charge is 0.328 e. The standard InChI is InChI=1S/C20H21N7O2/c1-20(2,3)12-9-22-26-13(12)17-23-14(16(21)28)15-18(25-17)27(19(29)24-15)10-11-7-5-4-6-8-11/h4-9H,10H2,1-3H3,(H2,21,28)(H,22,26)(H,24,29). The van der Waals surface area contributed by atoms with E-state index in [0.29, 0.717) is 17.9 Å². The Balaban J connectivity index is 1.97. The number of primary amides is 1. The van der Waals surface area contributed by atoms with Gasteiger partial charge in [-0.1, -0.05) is 51.1 Å². The van der Waals surface area contributed by atoms with Crippen molar-refractivity contribution in [2.24, 2.45) is 5.73 Å². The molecule has 0 aliphatic rings. The number of hydrogen-bond donors (Lipinski definition) is 3. The maximum atomic E-state index is 12.6. The van der Waals surface area contributed by atoms with E-state index in [2.05, 4.69) is 25.1 Å². The molecule has 9 nitrogen and oxygen atoms in total. The summed E-state index contributed by atoms with van der Waals surface area (Å²) >= 11 is 0. The molecular weight excluding hydrogens is 370 g/mol. The number of fused-ring (bicyclic) bond motifs is 1. The molecular formula is C20H21N7O2. The monoisotopic (exact) mass is 391 g/mol. The molecule has 0 saturated heterocycles. The number of benzene rings is 1. The lowest BCUT2D eigenvalue weighted by Crippen LogP contribution is -2.18. The Labute approximate surface area is 166 Å². The molecule has 3 aromatic heterocycles. The predicted molar refractivity (Wildman–Crippen MR) is 108 cm³/mol. The van der Waals surface area contributed by atoms with E-state index < -0.39 is 11.6 Å². The molecule has 4 aromatic rings. The second-order valence-corrected chi connectivity index (χ2v) is 7.87. The summed E-state index contributed by atoms with van der Waals surface area (Å²) in [5.41, 5.74) is 7.83. The van der Waals surface area contributed by atoms with Crippen molar-refractivity contribution in [1.29, 1.82) is 0 Å². The Morgan fingerprint density at radius 1 is 1.17 bits per heavy atom. The Morgan fingerprint density at radius 2 is 1.90 bits per heavy atom. The number of nitrogens with zero attached hydrogens (tertiary/aromatic N) is 4. The van der Waals surface area contributed by atoms with Gasteiger partial charge in [0.1, 0.15) is 11.2 Å². The number of aromatic nitrogens is 6. The first-order valence-electron chi connectivity index (χ1n) is 9.14. The van der Waals surface area contributed by atoms with Crippen LogP contribution in [-0.2, 0) is 12.0 Å². The lowest BCUT2D eigenvalue weighted by molar-refractivity contribution is 0.0997. The van der Waals surface area contributed by atoms with Gasteiger partial charge in [0.15, 0.2) is 17.2 Å². The summed E-state index contributed by atoms with van der Waals surface area (Å²) in [6.45, 7) is 6.41. The molecule has 148 valence electrons. The number of amides is 1. The van der Waals surface area contributed by atoms with Gasteiger partial charge in [-0.25, -0.2) is 14.8 Å². The first-order chi connectivity index (χ1) is 13.8. The molecule has 0 saturated carbocycles. The number of hydrogen-bond acceptors (Lipinski definition) is 5. The van der Waals surface area contributed by atoms with Crippen LogP contribution in [0.5, 0.6) is 0 Å². The van der Waals surface area contributed by atoms with Crippen molar-refractivity contribution in [2.45, 2.75) is 32.7 Å². The van der Waals surface area contributed by atoms with E-state index in [-0.39, 0.29) is 22.5 Å². The zero-order valence-corrected chi connectivity index (χ0v) is 16.4. The third-order valence-electron chi connectivity index (χ3n) is 4.71. The van der Waals surface area contributed by atoms with Gasteiger partial charge in [0.25, 0.3) is 5.91 Å². The van der Waals surface area contributed by atoms with Crippen molar-refractivity contribution in [2.75, 3.05) is 0 Å². The molecule has 0 spiro atoms. The second kappa shape index (κ2) is 6.69. The highest BCUT2D eigenvalue weighted by atomic mass is 16.2. The van der Waals surface area contributed by atoms with Gasteiger partial charge >= 0.3 is 5.69 Å². The normalized spacial score (nSPS) is 11.8. The molecule has 4 rings (SSSR count). The number of nitrogens with two attached hydrogens (primary N) is 1. The lowest BCUT2D eigenvalue weighted by atomic mass is 9.87. The molecule has 0 aliphatic carbocycles. The lowest BCUT2D eigenvalue weighted by Gasteiger charge is -2.18. The third kappa shape index (κ3) is 3.31.